The number of methoxy groups -OCH3 is 1. The molecule has 2 aromatic heterocycles. The monoisotopic (exact) mass is 281 g/mol. The average Bonchev–Trinajstić information content (AvgIpc) is 2.96. The lowest BCUT2D eigenvalue weighted by Gasteiger charge is -2.14. The first-order chi connectivity index (χ1) is 10.3. The third-order valence-electron chi connectivity index (χ3n) is 3.35. The number of carbonyl (C=O) groups excluding carboxylic acids is 1. The molecule has 0 atom stereocenters. The van der Waals surface area contributed by atoms with Crippen molar-refractivity contribution in [2.24, 2.45) is 0 Å². The summed E-state index contributed by atoms with van der Waals surface area (Å²) in [5.74, 6) is 1.10. The van der Waals surface area contributed by atoms with Crippen LogP contribution in [0, 0.1) is 0 Å². The second kappa shape index (κ2) is 5.75. The van der Waals surface area contributed by atoms with Crippen LogP contribution in [0.1, 0.15) is 11.3 Å². The smallest absolute Gasteiger partial charge is 0.252 e. The first kappa shape index (κ1) is 13.3. The maximum atomic E-state index is 12.3. The summed E-state index contributed by atoms with van der Waals surface area (Å²) in [6.07, 6.45) is 5.75. The summed E-state index contributed by atoms with van der Waals surface area (Å²) in [5, 5.41) is 0. The Morgan fingerprint density at radius 2 is 2.24 bits per heavy atom. The van der Waals surface area contributed by atoms with Gasteiger partial charge in [0.05, 0.1) is 12.8 Å². The van der Waals surface area contributed by atoms with Crippen molar-refractivity contribution in [2.75, 3.05) is 18.6 Å². The molecule has 0 N–H and O–H groups in total. The van der Waals surface area contributed by atoms with Gasteiger partial charge in [0.1, 0.15) is 5.82 Å². The summed E-state index contributed by atoms with van der Waals surface area (Å²) in [6, 6.07) is 9.34. The fourth-order valence-electron chi connectivity index (χ4n) is 2.28. The Hall–Kier alpha value is -2.69. The Morgan fingerprint density at radius 1 is 1.33 bits per heavy atom. The van der Waals surface area contributed by atoms with Gasteiger partial charge in [-0.2, -0.15) is 4.98 Å². The zero-order chi connectivity index (χ0) is 14.7. The molecule has 1 aliphatic rings. The minimum absolute atomic E-state index is 0.0971. The quantitative estimate of drug-likeness (QED) is 0.808. The summed E-state index contributed by atoms with van der Waals surface area (Å²) < 4.78 is 5.12. The number of anilines is 1. The van der Waals surface area contributed by atoms with E-state index in [9.17, 15) is 4.79 Å². The number of rotatable bonds is 3. The lowest BCUT2D eigenvalue weighted by atomic mass is 10.2. The fourth-order valence-corrected chi connectivity index (χ4v) is 2.28. The molecule has 1 aliphatic heterocycles. The second-order valence-electron chi connectivity index (χ2n) is 4.66. The van der Waals surface area contributed by atoms with E-state index < -0.39 is 0 Å². The van der Waals surface area contributed by atoms with Gasteiger partial charge in [-0.3, -0.25) is 14.7 Å². The number of ether oxygens (including phenoxy) is 1. The van der Waals surface area contributed by atoms with E-state index in [1.54, 1.807) is 24.3 Å². The number of nitrogens with zero attached hydrogens (tertiary/aromatic N) is 3. The highest BCUT2D eigenvalue weighted by Gasteiger charge is 2.25. The molecule has 3 heterocycles. The van der Waals surface area contributed by atoms with Crippen molar-refractivity contribution >= 4 is 17.8 Å². The molecule has 0 aromatic carbocycles. The van der Waals surface area contributed by atoms with Crippen LogP contribution in [0.25, 0.3) is 6.08 Å². The highest BCUT2D eigenvalue weighted by atomic mass is 16.5. The standard InChI is InChI=1S/C16H15N3O2/c1-21-14-7-5-12-9-11-19(16(12)18-14)15(20)8-6-13-4-2-3-10-17-13/h2-8,10H,9,11H2,1H3/b8-6+. The average molecular weight is 281 g/mol. The molecule has 0 unspecified atom stereocenters. The summed E-state index contributed by atoms with van der Waals surface area (Å²) >= 11 is 0. The van der Waals surface area contributed by atoms with Gasteiger partial charge in [0.25, 0.3) is 5.91 Å². The van der Waals surface area contributed by atoms with Crippen molar-refractivity contribution in [3.05, 3.63) is 53.9 Å². The van der Waals surface area contributed by atoms with Crippen LogP contribution in [-0.4, -0.2) is 29.5 Å². The Morgan fingerprint density at radius 3 is 3.00 bits per heavy atom. The van der Waals surface area contributed by atoms with E-state index in [0.29, 0.717) is 18.2 Å². The van der Waals surface area contributed by atoms with Crippen LogP contribution in [0.4, 0.5) is 5.82 Å². The SMILES string of the molecule is COc1ccc2c(n1)N(C(=O)/C=C/c1ccccn1)CC2. The normalized spacial score (nSPS) is 13.5. The molecule has 21 heavy (non-hydrogen) atoms. The van der Waals surface area contributed by atoms with Crippen LogP contribution in [0.2, 0.25) is 0 Å². The third kappa shape index (κ3) is 2.76. The molecule has 0 radical (unpaired) electrons. The van der Waals surface area contributed by atoms with E-state index in [-0.39, 0.29) is 5.91 Å². The number of hydrogen-bond donors (Lipinski definition) is 0. The van der Waals surface area contributed by atoms with E-state index in [4.69, 9.17) is 4.74 Å². The van der Waals surface area contributed by atoms with Crippen molar-refractivity contribution in [1.29, 1.82) is 0 Å². The predicted octanol–water partition coefficient (Wildman–Crippen LogP) is 2.09. The molecule has 0 bridgehead atoms. The molecule has 5 heteroatoms. The van der Waals surface area contributed by atoms with Crippen molar-refractivity contribution in [3.63, 3.8) is 0 Å². The van der Waals surface area contributed by atoms with Gasteiger partial charge in [-0.05, 0) is 36.3 Å². The molecule has 1 amide bonds. The molecule has 0 aliphatic carbocycles. The highest BCUT2D eigenvalue weighted by Crippen LogP contribution is 2.28. The summed E-state index contributed by atoms with van der Waals surface area (Å²) in [5.41, 5.74) is 1.82. The number of pyridine rings is 2. The third-order valence-corrected chi connectivity index (χ3v) is 3.35. The molecule has 0 spiro atoms. The van der Waals surface area contributed by atoms with Crippen LogP contribution < -0.4 is 9.64 Å². The van der Waals surface area contributed by atoms with E-state index >= 15 is 0 Å². The maximum absolute atomic E-state index is 12.3. The Balaban J connectivity index is 1.80. The van der Waals surface area contributed by atoms with Crippen molar-refractivity contribution in [2.45, 2.75) is 6.42 Å². The van der Waals surface area contributed by atoms with Gasteiger partial charge in [0, 0.05) is 24.9 Å². The van der Waals surface area contributed by atoms with Gasteiger partial charge in [0.15, 0.2) is 0 Å². The van der Waals surface area contributed by atoms with Gasteiger partial charge in [-0.1, -0.05) is 6.07 Å². The molecule has 0 saturated heterocycles. The Bertz CT molecular complexity index is 683. The van der Waals surface area contributed by atoms with Gasteiger partial charge in [0.2, 0.25) is 5.88 Å². The van der Waals surface area contributed by atoms with Gasteiger partial charge in [-0.25, -0.2) is 0 Å². The van der Waals surface area contributed by atoms with E-state index in [0.717, 1.165) is 17.7 Å². The molecular formula is C16H15N3O2. The fraction of sp³-hybridized carbons (Fsp3) is 0.188. The summed E-state index contributed by atoms with van der Waals surface area (Å²) in [6.45, 7) is 0.640. The van der Waals surface area contributed by atoms with Gasteiger partial charge < -0.3 is 4.74 Å². The second-order valence-corrected chi connectivity index (χ2v) is 4.66. The lowest BCUT2D eigenvalue weighted by Crippen LogP contribution is -2.27. The number of carbonyl (C=O) groups is 1. The zero-order valence-electron chi connectivity index (χ0n) is 11.7. The van der Waals surface area contributed by atoms with Gasteiger partial charge >= 0.3 is 0 Å². The maximum Gasteiger partial charge on any atom is 0.252 e. The van der Waals surface area contributed by atoms with Crippen molar-refractivity contribution < 1.29 is 9.53 Å². The number of amides is 1. The molecule has 0 fully saturated rings. The molecule has 106 valence electrons. The minimum atomic E-state index is -0.0971. The topological polar surface area (TPSA) is 55.3 Å². The van der Waals surface area contributed by atoms with Crippen molar-refractivity contribution in [3.8, 4) is 5.88 Å². The van der Waals surface area contributed by atoms with Crippen LogP contribution >= 0.6 is 0 Å². The molecular weight excluding hydrogens is 266 g/mol. The molecule has 3 rings (SSSR count). The largest absolute Gasteiger partial charge is 0.481 e. The van der Waals surface area contributed by atoms with E-state index in [1.165, 1.54) is 6.08 Å². The van der Waals surface area contributed by atoms with E-state index in [1.807, 2.05) is 30.3 Å². The Kier molecular flexibility index (Phi) is 3.64. The molecule has 2 aromatic rings. The minimum Gasteiger partial charge on any atom is -0.481 e. The highest BCUT2D eigenvalue weighted by molar-refractivity contribution is 6.04. The Labute approximate surface area is 122 Å². The molecule has 0 saturated carbocycles. The number of hydrogen-bond acceptors (Lipinski definition) is 4. The van der Waals surface area contributed by atoms with Crippen LogP contribution in [-0.2, 0) is 11.2 Å². The zero-order valence-corrected chi connectivity index (χ0v) is 11.7. The first-order valence-electron chi connectivity index (χ1n) is 6.72. The van der Waals surface area contributed by atoms with Crippen molar-refractivity contribution in [1.82, 2.24) is 9.97 Å². The van der Waals surface area contributed by atoms with Crippen LogP contribution in [0.15, 0.2) is 42.6 Å². The van der Waals surface area contributed by atoms with Crippen LogP contribution in [0.3, 0.4) is 0 Å². The predicted molar refractivity (Wildman–Crippen MR) is 80.1 cm³/mol. The van der Waals surface area contributed by atoms with Crippen LogP contribution in [0.5, 0.6) is 5.88 Å². The van der Waals surface area contributed by atoms with E-state index in [2.05, 4.69) is 9.97 Å². The number of aromatic nitrogens is 2. The summed E-state index contributed by atoms with van der Waals surface area (Å²) in [4.78, 5) is 22.5. The van der Waals surface area contributed by atoms with Gasteiger partial charge in [-0.15, -0.1) is 0 Å². The first-order valence-corrected chi connectivity index (χ1v) is 6.72. The molecule has 5 nitrogen and oxygen atoms in total. The number of fused-ring (bicyclic) bond motifs is 1. The summed E-state index contributed by atoms with van der Waals surface area (Å²) in [7, 11) is 1.57. The lowest BCUT2D eigenvalue weighted by molar-refractivity contribution is -0.114.